The molecule has 0 radical (unpaired) electrons. The average molecular weight is 221 g/mol. The highest BCUT2D eigenvalue weighted by Crippen LogP contribution is 2.30. The fraction of sp³-hybridized carbons (Fsp3) is 0.333. The summed E-state index contributed by atoms with van der Waals surface area (Å²) < 4.78 is 5.15. The number of nitrogens with two attached hydrogens (primary N) is 1. The number of carbonyl (C=O) groups excluding carboxylic acids is 2. The van der Waals surface area contributed by atoms with Gasteiger partial charge in [0.05, 0.1) is 7.11 Å². The minimum absolute atomic E-state index is 0.346. The number of primary amides is 1. The summed E-state index contributed by atoms with van der Waals surface area (Å²) in [7, 11) is 1.50. The Labute approximate surface area is 94.4 Å². The Hall–Kier alpha value is -1.84. The Kier molecular flexibility index (Phi) is 4.05. The average Bonchev–Trinajstić information content (AvgIpc) is 2.30. The zero-order valence-corrected chi connectivity index (χ0v) is 9.40. The zero-order chi connectivity index (χ0) is 12.1. The summed E-state index contributed by atoms with van der Waals surface area (Å²) in [4.78, 5) is 22.2. The van der Waals surface area contributed by atoms with Crippen molar-refractivity contribution in [2.75, 3.05) is 7.11 Å². The van der Waals surface area contributed by atoms with Crippen molar-refractivity contribution >= 4 is 12.2 Å². The molecule has 1 rings (SSSR count). The molecule has 1 amide bonds. The van der Waals surface area contributed by atoms with E-state index in [1.54, 1.807) is 18.2 Å². The maximum Gasteiger partial charge on any atom is 0.249 e. The molecule has 0 heterocycles. The van der Waals surface area contributed by atoms with Crippen molar-refractivity contribution in [2.24, 2.45) is 5.73 Å². The van der Waals surface area contributed by atoms with Crippen molar-refractivity contribution in [1.29, 1.82) is 0 Å². The molecule has 1 aromatic rings. The second-order valence-electron chi connectivity index (χ2n) is 3.44. The highest BCUT2D eigenvalue weighted by Gasteiger charge is 2.20. The van der Waals surface area contributed by atoms with Crippen molar-refractivity contribution in [2.45, 2.75) is 19.3 Å². The predicted molar refractivity (Wildman–Crippen MR) is 60.6 cm³/mol. The van der Waals surface area contributed by atoms with Gasteiger partial charge >= 0.3 is 0 Å². The van der Waals surface area contributed by atoms with Crippen molar-refractivity contribution in [1.82, 2.24) is 0 Å². The molecule has 1 atom stereocenters. The Balaban J connectivity index is 3.40. The van der Waals surface area contributed by atoms with E-state index < -0.39 is 5.91 Å². The molecule has 4 nitrogen and oxygen atoms in total. The molecule has 0 fully saturated rings. The quantitative estimate of drug-likeness (QED) is 0.766. The SMILES string of the molecule is CCC(C=O)c1c(OC)cccc1C(N)=O. The first-order chi connectivity index (χ1) is 7.65. The fourth-order valence-electron chi connectivity index (χ4n) is 1.69. The van der Waals surface area contributed by atoms with E-state index in [0.717, 1.165) is 6.29 Å². The third-order valence-corrected chi connectivity index (χ3v) is 2.53. The summed E-state index contributed by atoms with van der Waals surface area (Å²) in [6.45, 7) is 1.87. The Morgan fingerprint density at radius 3 is 2.69 bits per heavy atom. The van der Waals surface area contributed by atoms with Crippen LogP contribution in [0.15, 0.2) is 18.2 Å². The minimum atomic E-state index is -0.547. The van der Waals surface area contributed by atoms with E-state index in [4.69, 9.17) is 10.5 Å². The summed E-state index contributed by atoms with van der Waals surface area (Å²) in [6.07, 6.45) is 1.41. The van der Waals surface area contributed by atoms with E-state index in [1.807, 2.05) is 6.92 Å². The highest BCUT2D eigenvalue weighted by atomic mass is 16.5. The monoisotopic (exact) mass is 221 g/mol. The lowest BCUT2D eigenvalue weighted by Gasteiger charge is -2.15. The van der Waals surface area contributed by atoms with Crippen LogP contribution in [0.1, 0.15) is 35.2 Å². The molecule has 2 N–H and O–H groups in total. The molecule has 1 aromatic carbocycles. The largest absolute Gasteiger partial charge is 0.496 e. The van der Waals surface area contributed by atoms with Crippen LogP contribution in [0.4, 0.5) is 0 Å². The molecule has 0 bridgehead atoms. The van der Waals surface area contributed by atoms with Crippen LogP contribution in [-0.4, -0.2) is 19.3 Å². The number of hydrogen-bond acceptors (Lipinski definition) is 3. The van der Waals surface area contributed by atoms with Crippen LogP contribution in [0.2, 0.25) is 0 Å². The van der Waals surface area contributed by atoms with E-state index in [-0.39, 0.29) is 5.92 Å². The number of amides is 1. The number of rotatable bonds is 5. The molecule has 0 aliphatic heterocycles. The minimum Gasteiger partial charge on any atom is -0.496 e. The van der Waals surface area contributed by atoms with Crippen molar-refractivity contribution in [3.63, 3.8) is 0 Å². The van der Waals surface area contributed by atoms with E-state index in [0.29, 0.717) is 23.3 Å². The van der Waals surface area contributed by atoms with Gasteiger partial charge in [-0.2, -0.15) is 0 Å². The Morgan fingerprint density at radius 1 is 1.56 bits per heavy atom. The lowest BCUT2D eigenvalue weighted by atomic mass is 9.92. The number of benzene rings is 1. The van der Waals surface area contributed by atoms with Crippen LogP contribution in [0.25, 0.3) is 0 Å². The molecular formula is C12H15NO3. The van der Waals surface area contributed by atoms with Crippen LogP contribution in [0, 0.1) is 0 Å². The lowest BCUT2D eigenvalue weighted by molar-refractivity contribution is -0.109. The molecule has 0 aliphatic carbocycles. The molecule has 0 aromatic heterocycles. The van der Waals surface area contributed by atoms with Gasteiger partial charge in [-0.05, 0) is 18.6 Å². The summed E-state index contributed by atoms with van der Waals surface area (Å²) in [5, 5.41) is 0. The number of methoxy groups -OCH3 is 1. The maximum absolute atomic E-state index is 11.3. The third kappa shape index (κ3) is 2.21. The van der Waals surface area contributed by atoms with Crippen LogP contribution >= 0.6 is 0 Å². The van der Waals surface area contributed by atoms with Crippen LogP contribution in [0.3, 0.4) is 0 Å². The van der Waals surface area contributed by atoms with Gasteiger partial charge in [0.2, 0.25) is 5.91 Å². The van der Waals surface area contributed by atoms with Gasteiger partial charge in [-0.25, -0.2) is 0 Å². The van der Waals surface area contributed by atoms with Crippen LogP contribution in [-0.2, 0) is 4.79 Å². The predicted octanol–water partition coefficient (Wildman–Crippen LogP) is 1.49. The normalized spacial score (nSPS) is 11.9. The third-order valence-electron chi connectivity index (χ3n) is 2.53. The van der Waals surface area contributed by atoms with E-state index in [9.17, 15) is 9.59 Å². The zero-order valence-electron chi connectivity index (χ0n) is 9.40. The number of hydrogen-bond donors (Lipinski definition) is 1. The summed E-state index contributed by atoms with van der Waals surface area (Å²) >= 11 is 0. The molecule has 4 heteroatoms. The standard InChI is InChI=1S/C12H15NO3/c1-3-8(7-14)11-9(12(13)15)5-4-6-10(11)16-2/h4-8H,3H2,1-2H3,(H2,13,15). The topological polar surface area (TPSA) is 69.4 Å². The molecule has 0 aliphatic rings. The first kappa shape index (κ1) is 12.2. The molecule has 86 valence electrons. The van der Waals surface area contributed by atoms with E-state index >= 15 is 0 Å². The number of ether oxygens (including phenoxy) is 1. The second kappa shape index (κ2) is 5.30. The molecule has 16 heavy (non-hydrogen) atoms. The van der Waals surface area contributed by atoms with Gasteiger partial charge < -0.3 is 15.3 Å². The van der Waals surface area contributed by atoms with Crippen molar-refractivity contribution < 1.29 is 14.3 Å². The second-order valence-corrected chi connectivity index (χ2v) is 3.44. The molecular weight excluding hydrogens is 206 g/mol. The highest BCUT2D eigenvalue weighted by molar-refractivity contribution is 5.96. The first-order valence-corrected chi connectivity index (χ1v) is 5.07. The van der Waals surface area contributed by atoms with Gasteiger partial charge in [0.25, 0.3) is 0 Å². The smallest absolute Gasteiger partial charge is 0.249 e. The first-order valence-electron chi connectivity index (χ1n) is 5.07. The van der Waals surface area contributed by atoms with E-state index in [1.165, 1.54) is 7.11 Å². The van der Waals surface area contributed by atoms with Crippen molar-refractivity contribution in [3.05, 3.63) is 29.3 Å². The van der Waals surface area contributed by atoms with Crippen molar-refractivity contribution in [3.8, 4) is 5.75 Å². The van der Waals surface area contributed by atoms with Gasteiger partial charge in [-0.15, -0.1) is 0 Å². The number of carbonyl (C=O) groups is 2. The van der Waals surface area contributed by atoms with Crippen LogP contribution in [0.5, 0.6) is 5.75 Å². The Bertz CT molecular complexity index is 401. The van der Waals surface area contributed by atoms with E-state index in [2.05, 4.69) is 0 Å². The maximum atomic E-state index is 11.3. The molecule has 0 spiro atoms. The van der Waals surface area contributed by atoms with Gasteiger partial charge in [0, 0.05) is 17.0 Å². The summed E-state index contributed by atoms with van der Waals surface area (Å²) in [5.41, 5.74) is 6.20. The molecule has 1 unspecified atom stereocenters. The summed E-state index contributed by atoms with van der Waals surface area (Å²) in [6, 6.07) is 5.00. The van der Waals surface area contributed by atoms with Gasteiger partial charge in [-0.3, -0.25) is 4.79 Å². The van der Waals surface area contributed by atoms with Gasteiger partial charge in [-0.1, -0.05) is 13.0 Å². The Morgan fingerprint density at radius 2 is 2.25 bits per heavy atom. The summed E-state index contributed by atoms with van der Waals surface area (Å²) in [5.74, 6) is -0.386. The fourth-order valence-corrected chi connectivity index (χ4v) is 1.69. The molecule has 0 saturated carbocycles. The van der Waals surface area contributed by atoms with Gasteiger partial charge in [0.1, 0.15) is 12.0 Å². The lowest BCUT2D eigenvalue weighted by Crippen LogP contribution is -2.16. The van der Waals surface area contributed by atoms with Crippen LogP contribution < -0.4 is 10.5 Å². The van der Waals surface area contributed by atoms with Gasteiger partial charge in [0.15, 0.2) is 0 Å². The molecule has 0 saturated heterocycles. The number of aldehydes is 1.